The van der Waals surface area contributed by atoms with E-state index in [0.717, 1.165) is 22.5 Å². The van der Waals surface area contributed by atoms with Crippen LogP contribution in [0.15, 0.2) is 62.6 Å². The van der Waals surface area contributed by atoms with Gasteiger partial charge in [0.1, 0.15) is 10.0 Å². The molecule has 0 bridgehead atoms. The maximum Gasteiger partial charge on any atom is 0.271 e. The Kier molecular flexibility index (Phi) is 5.40. The van der Waals surface area contributed by atoms with Gasteiger partial charge in [-0.1, -0.05) is 42.4 Å². The second-order valence-corrected chi connectivity index (χ2v) is 9.48. The highest BCUT2D eigenvalue weighted by atomic mass is 32.2. The van der Waals surface area contributed by atoms with Gasteiger partial charge < -0.3 is 4.52 Å². The van der Waals surface area contributed by atoms with Gasteiger partial charge in [0.25, 0.3) is 15.9 Å². The Morgan fingerprint density at radius 1 is 1.13 bits per heavy atom. The monoisotopic (exact) mass is 443 g/mol. The molecule has 0 saturated heterocycles. The summed E-state index contributed by atoms with van der Waals surface area (Å²) in [6.45, 7) is 3.84. The minimum Gasteiger partial charge on any atom is -0.334 e. The highest BCUT2D eigenvalue weighted by Crippen LogP contribution is 2.31. The number of nitrogens with one attached hydrogen (secondary N) is 1. The fourth-order valence-corrected chi connectivity index (χ4v) is 5.34. The van der Waals surface area contributed by atoms with Crippen molar-refractivity contribution in [2.75, 3.05) is 4.72 Å². The average Bonchev–Trinajstić information content (AvgIpc) is 3.39. The zero-order chi connectivity index (χ0) is 21.3. The molecule has 0 aliphatic heterocycles. The minimum atomic E-state index is -3.78. The molecule has 0 unspecified atom stereocenters. The smallest absolute Gasteiger partial charge is 0.271 e. The highest BCUT2D eigenvalue weighted by Gasteiger charge is 2.21. The predicted molar refractivity (Wildman–Crippen MR) is 114 cm³/mol. The van der Waals surface area contributed by atoms with Crippen LogP contribution in [0, 0.1) is 12.7 Å². The number of para-hydroxylation sites is 1. The van der Waals surface area contributed by atoms with Gasteiger partial charge in [0, 0.05) is 10.9 Å². The molecular weight excluding hydrogens is 425 g/mol. The van der Waals surface area contributed by atoms with Crippen LogP contribution in [0.4, 0.5) is 10.1 Å². The summed E-state index contributed by atoms with van der Waals surface area (Å²) in [7, 11) is -3.78. The first-order valence-corrected chi connectivity index (χ1v) is 11.5. The van der Waals surface area contributed by atoms with E-state index in [4.69, 9.17) is 4.52 Å². The van der Waals surface area contributed by atoms with Crippen molar-refractivity contribution < 1.29 is 17.3 Å². The summed E-state index contributed by atoms with van der Waals surface area (Å²) < 4.78 is 47.3. The molecule has 0 aliphatic carbocycles. The fraction of sp³-hybridized carbons (Fsp3) is 0.143. The van der Waals surface area contributed by atoms with Gasteiger partial charge in [0.05, 0.1) is 11.3 Å². The number of thiophene rings is 1. The Hall–Kier alpha value is -3.04. The number of hydrogen-bond donors (Lipinski definition) is 1. The number of anilines is 1. The van der Waals surface area contributed by atoms with Gasteiger partial charge in [-0.05, 0) is 42.7 Å². The number of rotatable bonds is 6. The summed E-state index contributed by atoms with van der Waals surface area (Å²) in [5, 5.41) is 5.50. The van der Waals surface area contributed by atoms with Crippen molar-refractivity contribution in [1.82, 2.24) is 10.1 Å². The molecule has 1 N–H and O–H groups in total. The molecule has 154 valence electrons. The summed E-state index contributed by atoms with van der Waals surface area (Å²) in [6.07, 6.45) is 0.708. The fourth-order valence-electron chi connectivity index (χ4n) is 3.01. The molecule has 0 spiro atoms. The van der Waals surface area contributed by atoms with Crippen LogP contribution < -0.4 is 4.72 Å². The standard InChI is InChI=1S/C21H18FN3O3S2/c1-3-14-7-4-6-13(2)19(14)25-30(26,27)18-11-16(12-29-18)21-23-20(24-28-21)15-8-5-9-17(22)10-15/h4-12,25H,3H2,1-2H3. The van der Waals surface area contributed by atoms with E-state index < -0.39 is 15.8 Å². The van der Waals surface area contributed by atoms with Crippen LogP contribution in [0.25, 0.3) is 22.8 Å². The molecule has 0 atom stereocenters. The first-order chi connectivity index (χ1) is 14.4. The van der Waals surface area contributed by atoms with Crippen LogP contribution in [0.1, 0.15) is 18.1 Å². The topological polar surface area (TPSA) is 85.1 Å². The maximum absolute atomic E-state index is 13.4. The molecule has 0 aliphatic rings. The Bertz CT molecular complexity index is 1310. The Balaban J connectivity index is 1.62. The second kappa shape index (κ2) is 8.00. The quantitative estimate of drug-likeness (QED) is 0.438. The summed E-state index contributed by atoms with van der Waals surface area (Å²) in [5.74, 6) is -0.0145. The van der Waals surface area contributed by atoms with E-state index in [9.17, 15) is 12.8 Å². The summed E-state index contributed by atoms with van der Waals surface area (Å²) in [5.41, 5.74) is 3.33. The second-order valence-electron chi connectivity index (χ2n) is 6.66. The molecule has 0 radical (unpaired) electrons. The first-order valence-electron chi connectivity index (χ1n) is 9.17. The molecule has 2 heterocycles. The van der Waals surface area contributed by atoms with Crippen molar-refractivity contribution >= 4 is 27.0 Å². The molecule has 4 rings (SSSR count). The molecule has 0 saturated carbocycles. The molecule has 2 aromatic heterocycles. The minimum absolute atomic E-state index is 0.133. The predicted octanol–water partition coefficient (Wildman–Crippen LogP) is 5.28. The number of aromatic nitrogens is 2. The van der Waals surface area contributed by atoms with Crippen LogP contribution in [-0.2, 0) is 16.4 Å². The number of nitrogens with zero attached hydrogens (tertiary/aromatic N) is 2. The number of sulfonamides is 1. The molecule has 2 aromatic carbocycles. The molecule has 9 heteroatoms. The number of halogens is 1. The third-order valence-electron chi connectivity index (χ3n) is 4.57. The molecular formula is C21H18FN3O3S2. The SMILES string of the molecule is CCc1cccc(C)c1NS(=O)(=O)c1cc(-c2nc(-c3cccc(F)c3)no2)cs1. The van der Waals surface area contributed by atoms with E-state index in [1.807, 2.05) is 32.0 Å². The Morgan fingerprint density at radius 2 is 1.93 bits per heavy atom. The van der Waals surface area contributed by atoms with E-state index in [-0.39, 0.29) is 15.9 Å². The van der Waals surface area contributed by atoms with E-state index in [1.165, 1.54) is 18.2 Å². The average molecular weight is 444 g/mol. The van der Waals surface area contributed by atoms with E-state index in [0.29, 0.717) is 23.2 Å². The van der Waals surface area contributed by atoms with Crippen LogP contribution in [0.2, 0.25) is 0 Å². The summed E-state index contributed by atoms with van der Waals surface area (Å²) >= 11 is 1.06. The summed E-state index contributed by atoms with van der Waals surface area (Å²) in [4.78, 5) is 4.26. The summed E-state index contributed by atoms with van der Waals surface area (Å²) in [6, 6.07) is 13.0. The lowest BCUT2D eigenvalue weighted by atomic mass is 10.1. The van der Waals surface area contributed by atoms with Gasteiger partial charge in [-0.2, -0.15) is 4.98 Å². The van der Waals surface area contributed by atoms with Gasteiger partial charge >= 0.3 is 0 Å². The molecule has 4 aromatic rings. The highest BCUT2D eigenvalue weighted by molar-refractivity contribution is 7.94. The lowest BCUT2D eigenvalue weighted by Crippen LogP contribution is -2.14. The van der Waals surface area contributed by atoms with Gasteiger partial charge in [0.2, 0.25) is 5.82 Å². The molecule has 6 nitrogen and oxygen atoms in total. The van der Waals surface area contributed by atoms with Gasteiger partial charge in [-0.3, -0.25) is 4.72 Å². The van der Waals surface area contributed by atoms with Crippen molar-refractivity contribution in [2.24, 2.45) is 0 Å². The van der Waals surface area contributed by atoms with Crippen molar-refractivity contribution in [2.45, 2.75) is 24.5 Å². The van der Waals surface area contributed by atoms with Gasteiger partial charge in [-0.25, -0.2) is 12.8 Å². The van der Waals surface area contributed by atoms with Gasteiger partial charge in [-0.15, -0.1) is 11.3 Å². The van der Waals surface area contributed by atoms with E-state index >= 15 is 0 Å². The van der Waals surface area contributed by atoms with Crippen LogP contribution in [0.5, 0.6) is 0 Å². The zero-order valence-corrected chi connectivity index (χ0v) is 17.8. The number of benzene rings is 2. The lowest BCUT2D eigenvalue weighted by Gasteiger charge is -2.13. The maximum atomic E-state index is 13.4. The number of hydrogen-bond acceptors (Lipinski definition) is 6. The largest absolute Gasteiger partial charge is 0.334 e. The van der Waals surface area contributed by atoms with Crippen molar-refractivity contribution in [1.29, 1.82) is 0 Å². The Labute approximate surface area is 177 Å². The molecule has 0 fully saturated rings. The first kappa shape index (κ1) is 20.2. The third kappa shape index (κ3) is 3.99. The zero-order valence-electron chi connectivity index (χ0n) is 16.2. The van der Waals surface area contributed by atoms with Crippen LogP contribution in [0.3, 0.4) is 0 Å². The van der Waals surface area contributed by atoms with E-state index in [2.05, 4.69) is 14.9 Å². The van der Waals surface area contributed by atoms with E-state index in [1.54, 1.807) is 17.5 Å². The Morgan fingerprint density at radius 3 is 2.70 bits per heavy atom. The normalized spacial score (nSPS) is 11.6. The van der Waals surface area contributed by atoms with Crippen LogP contribution >= 0.6 is 11.3 Å². The van der Waals surface area contributed by atoms with Crippen LogP contribution in [-0.4, -0.2) is 18.6 Å². The van der Waals surface area contributed by atoms with Crippen molar-refractivity contribution in [3.63, 3.8) is 0 Å². The molecule has 30 heavy (non-hydrogen) atoms. The van der Waals surface area contributed by atoms with Crippen molar-refractivity contribution in [3.8, 4) is 22.8 Å². The van der Waals surface area contributed by atoms with Crippen molar-refractivity contribution in [3.05, 3.63) is 70.9 Å². The molecule has 0 amide bonds. The third-order valence-corrected chi connectivity index (χ3v) is 7.36. The number of aryl methyl sites for hydroxylation is 2. The lowest BCUT2D eigenvalue weighted by molar-refractivity contribution is 0.432. The van der Waals surface area contributed by atoms with Gasteiger partial charge in [0.15, 0.2) is 0 Å².